The summed E-state index contributed by atoms with van der Waals surface area (Å²) in [6.07, 6.45) is 7.49. The molecule has 3 atom stereocenters. The van der Waals surface area contributed by atoms with Crippen LogP contribution in [0.15, 0.2) is 0 Å². The Hall–Kier alpha value is -0.650. The molecule has 138 valence electrons. The highest BCUT2D eigenvalue weighted by Crippen LogP contribution is 2.40. The van der Waals surface area contributed by atoms with Gasteiger partial charge in [-0.3, -0.25) is 9.69 Å². The Bertz CT molecular complexity index is 432. The molecule has 1 N–H and O–H groups in total. The maximum absolute atomic E-state index is 12.5. The lowest BCUT2D eigenvalue weighted by molar-refractivity contribution is -0.133. The zero-order chi connectivity index (χ0) is 17.2. The van der Waals surface area contributed by atoms with Gasteiger partial charge in [0.05, 0.1) is 5.60 Å². The lowest BCUT2D eigenvalue weighted by atomic mass is 9.72. The molecule has 24 heavy (non-hydrogen) atoms. The first-order chi connectivity index (χ1) is 11.5. The van der Waals surface area contributed by atoms with Gasteiger partial charge in [0, 0.05) is 51.1 Å². The fourth-order valence-corrected chi connectivity index (χ4v) is 4.99. The van der Waals surface area contributed by atoms with Crippen LogP contribution in [0, 0.1) is 5.92 Å². The van der Waals surface area contributed by atoms with Crippen LogP contribution in [-0.2, 0) is 4.79 Å². The first-order valence-corrected chi connectivity index (χ1v) is 9.90. The van der Waals surface area contributed by atoms with E-state index in [1.165, 1.54) is 19.3 Å². The Morgan fingerprint density at radius 3 is 2.54 bits per heavy atom. The molecule has 0 spiro atoms. The van der Waals surface area contributed by atoms with Crippen molar-refractivity contribution in [1.82, 2.24) is 14.7 Å². The summed E-state index contributed by atoms with van der Waals surface area (Å²) in [7, 11) is 2.12. The minimum atomic E-state index is -0.521. The highest BCUT2D eigenvalue weighted by Gasteiger charge is 2.43. The van der Waals surface area contributed by atoms with E-state index in [1.807, 2.05) is 11.8 Å². The molecule has 1 aliphatic carbocycles. The van der Waals surface area contributed by atoms with E-state index in [0.717, 1.165) is 58.5 Å². The smallest absolute Gasteiger partial charge is 0.223 e. The van der Waals surface area contributed by atoms with Crippen molar-refractivity contribution in [3.05, 3.63) is 0 Å². The van der Waals surface area contributed by atoms with Gasteiger partial charge >= 0.3 is 0 Å². The van der Waals surface area contributed by atoms with Crippen molar-refractivity contribution < 1.29 is 9.90 Å². The van der Waals surface area contributed by atoms with Gasteiger partial charge in [0.2, 0.25) is 5.91 Å². The first-order valence-electron chi connectivity index (χ1n) is 9.90. The van der Waals surface area contributed by atoms with Crippen LogP contribution >= 0.6 is 0 Å². The molecule has 0 aromatic carbocycles. The molecule has 0 aromatic heterocycles. The summed E-state index contributed by atoms with van der Waals surface area (Å²) in [5.74, 6) is 0.691. The number of carbonyl (C=O) groups is 1. The molecule has 1 amide bonds. The monoisotopic (exact) mass is 337 g/mol. The van der Waals surface area contributed by atoms with Crippen molar-refractivity contribution in [2.75, 3.05) is 46.3 Å². The van der Waals surface area contributed by atoms with Gasteiger partial charge in [0.25, 0.3) is 0 Å². The van der Waals surface area contributed by atoms with E-state index in [9.17, 15) is 9.90 Å². The highest BCUT2D eigenvalue weighted by molar-refractivity contribution is 5.76. The molecular formula is C19H35N3O2. The van der Waals surface area contributed by atoms with Gasteiger partial charge < -0.3 is 14.9 Å². The minimum absolute atomic E-state index is 0.309. The highest BCUT2D eigenvalue weighted by atomic mass is 16.3. The van der Waals surface area contributed by atoms with Crippen molar-refractivity contribution in [2.24, 2.45) is 5.92 Å². The number of rotatable bonds is 4. The second-order valence-electron chi connectivity index (χ2n) is 8.39. The largest absolute Gasteiger partial charge is 0.390 e. The normalized spacial score (nSPS) is 36.2. The topological polar surface area (TPSA) is 47.0 Å². The first kappa shape index (κ1) is 18.2. The van der Waals surface area contributed by atoms with Crippen LogP contribution < -0.4 is 0 Å². The molecule has 2 aliphatic heterocycles. The van der Waals surface area contributed by atoms with Gasteiger partial charge in [-0.05, 0) is 46.2 Å². The molecule has 3 fully saturated rings. The number of amides is 1. The molecular weight excluding hydrogens is 302 g/mol. The summed E-state index contributed by atoms with van der Waals surface area (Å²) in [5, 5.41) is 10.8. The molecule has 3 aliphatic rings. The van der Waals surface area contributed by atoms with Crippen molar-refractivity contribution in [3.8, 4) is 0 Å². The van der Waals surface area contributed by atoms with Crippen LogP contribution in [0.25, 0.3) is 0 Å². The third-order valence-corrected chi connectivity index (χ3v) is 6.59. The van der Waals surface area contributed by atoms with Crippen molar-refractivity contribution in [2.45, 2.75) is 63.5 Å². The summed E-state index contributed by atoms with van der Waals surface area (Å²) in [6, 6.07) is 0.473. The SMILES string of the molecule is CN1CCN(C(=O)CCN2CCC[C@@H]2[C@@H]2CCCC[C@]2(C)O)CC1. The molecule has 0 radical (unpaired) electrons. The molecule has 0 aromatic rings. The van der Waals surface area contributed by atoms with Crippen molar-refractivity contribution in [1.29, 1.82) is 0 Å². The number of hydrogen-bond donors (Lipinski definition) is 1. The molecule has 3 rings (SSSR count). The number of piperazine rings is 1. The quantitative estimate of drug-likeness (QED) is 0.846. The van der Waals surface area contributed by atoms with Crippen molar-refractivity contribution in [3.63, 3.8) is 0 Å². The number of carbonyl (C=O) groups excluding carboxylic acids is 1. The van der Waals surface area contributed by atoms with Crippen LogP contribution in [0.2, 0.25) is 0 Å². The zero-order valence-corrected chi connectivity index (χ0v) is 15.5. The predicted octanol–water partition coefficient (Wildman–Crippen LogP) is 1.56. The third kappa shape index (κ3) is 4.12. The Balaban J connectivity index is 1.51. The lowest BCUT2D eigenvalue weighted by Crippen LogP contribution is -2.50. The van der Waals surface area contributed by atoms with E-state index >= 15 is 0 Å². The van der Waals surface area contributed by atoms with Crippen LogP contribution in [0.1, 0.15) is 51.9 Å². The average Bonchev–Trinajstić information content (AvgIpc) is 3.01. The van der Waals surface area contributed by atoms with Gasteiger partial charge in [-0.25, -0.2) is 0 Å². The van der Waals surface area contributed by atoms with Gasteiger partial charge in [-0.2, -0.15) is 0 Å². The molecule has 0 unspecified atom stereocenters. The second-order valence-corrected chi connectivity index (χ2v) is 8.39. The van der Waals surface area contributed by atoms with Crippen molar-refractivity contribution >= 4 is 5.91 Å². The van der Waals surface area contributed by atoms with Crippen LogP contribution in [0.4, 0.5) is 0 Å². The fraction of sp³-hybridized carbons (Fsp3) is 0.947. The van der Waals surface area contributed by atoms with E-state index in [-0.39, 0.29) is 0 Å². The molecule has 0 bridgehead atoms. The number of nitrogens with zero attached hydrogens (tertiary/aromatic N) is 3. The van der Waals surface area contributed by atoms with E-state index in [4.69, 9.17) is 0 Å². The van der Waals surface area contributed by atoms with E-state index < -0.39 is 5.60 Å². The van der Waals surface area contributed by atoms with E-state index in [1.54, 1.807) is 0 Å². The maximum Gasteiger partial charge on any atom is 0.223 e. The van der Waals surface area contributed by atoms with Crippen LogP contribution in [-0.4, -0.2) is 83.7 Å². The standard InChI is InChI=1S/C19H35N3O2/c1-19(24)9-4-3-6-16(19)17-7-5-10-21(17)11-8-18(23)22-14-12-20(2)13-15-22/h16-17,24H,3-15H2,1-2H3/t16-,17+,19-/m0/s1. The van der Waals surface area contributed by atoms with Crippen LogP contribution in [0.5, 0.6) is 0 Å². The maximum atomic E-state index is 12.5. The van der Waals surface area contributed by atoms with Crippen LogP contribution in [0.3, 0.4) is 0 Å². The third-order valence-electron chi connectivity index (χ3n) is 6.59. The Kier molecular flexibility index (Phi) is 5.83. The number of likely N-dealkylation sites (N-methyl/N-ethyl adjacent to an activating group) is 1. The Labute approximate surface area is 147 Å². The molecule has 5 nitrogen and oxygen atoms in total. The zero-order valence-electron chi connectivity index (χ0n) is 15.5. The summed E-state index contributed by atoms with van der Waals surface area (Å²) in [4.78, 5) is 19.3. The lowest BCUT2D eigenvalue weighted by Gasteiger charge is -2.43. The minimum Gasteiger partial charge on any atom is -0.390 e. The molecule has 1 saturated carbocycles. The Morgan fingerprint density at radius 2 is 1.83 bits per heavy atom. The summed E-state index contributed by atoms with van der Waals surface area (Å²) >= 11 is 0. The van der Waals surface area contributed by atoms with E-state index in [2.05, 4.69) is 16.8 Å². The summed E-state index contributed by atoms with van der Waals surface area (Å²) < 4.78 is 0. The molecule has 2 heterocycles. The van der Waals surface area contributed by atoms with E-state index in [0.29, 0.717) is 24.3 Å². The Morgan fingerprint density at radius 1 is 1.08 bits per heavy atom. The molecule has 2 saturated heterocycles. The second kappa shape index (κ2) is 7.71. The van der Waals surface area contributed by atoms with Gasteiger partial charge in [-0.15, -0.1) is 0 Å². The fourth-order valence-electron chi connectivity index (χ4n) is 4.99. The molecule has 5 heteroatoms. The van der Waals surface area contributed by atoms with Gasteiger partial charge in [0.1, 0.15) is 0 Å². The number of hydrogen-bond acceptors (Lipinski definition) is 4. The average molecular weight is 338 g/mol. The van der Waals surface area contributed by atoms with Gasteiger partial charge in [0.15, 0.2) is 0 Å². The number of likely N-dealkylation sites (tertiary alicyclic amines) is 1. The predicted molar refractivity (Wildman–Crippen MR) is 95.9 cm³/mol. The summed E-state index contributed by atoms with van der Waals surface area (Å²) in [6.45, 7) is 7.70. The van der Waals surface area contributed by atoms with Gasteiger partial charge in [-0.1, -0.05) is 12.8 Å². The number of aliphatic hydroxyl groups is 1. The summed E-state index contributed by atoms with van der Waals surface area (Å²) in [5.41, 5.74) is -0.521.